The number of nitriles is 1. The second-order valence-electron chi connectivity index (χ2n) is 4.54. The largest absolute Gasteiger partial charge is 0.309 e. The third-order valence-electron chi connectivity index (χ3n) is 3.14. The molecule has 2 nitrogen and oxygen atoms in total. The zero-order valence-electron chi connectivity index (χ0n) is 9.70. The van der Waals surface area contributed by atoms with Gasteiger partial charge in [-0.1, -0.05) is 19.8 Å². The van der Waals surface area contributed by atoms with Crippen LogP contribution in [0.2, 0.25) is 0 Å². The molecule has 0 amide bonds. The van der Waals surface area contributed by atoms with Gasteiger partial charge in [-0.25, -0.2) is 0 Å². The van der Waals surface area contributed by atoms with Gasteiger partial charge in [0, 0.05) is 17.5 Å². The highest BCUT2D eigenvalue weighted by Gasteiger charge is 2.24. The van der Waals surface area contributed by atoms with Crippen molar-refractivity contribution in [3.8, 4) is 6.07 Å². The van der Waals surface area contributed by atoms with E-state index in [1.165, 1.54) is 30.6 Å². The summed E-state index contributed by atoms with van der Waals surface area (Å²) in [4.78, 5) is 2.08. The van der Waals surface area contributed by atoms with Gasteiger partial charge >= 0.3 is 0 Å². The maximum absolute atomic E-state index is 8.74. The second kappa shape index (κ2) is 5.47. The first kappa shape index (κ1) is 11.6. The molecule has 1 aromatic rings. The van der Waals surface area contributed by atoms with Gasteiger partial charge in [0.15, 0.2) is 0 Å². The highest BCUT2D eigenvalue weighted by molar-refractivity contribution is 7.12. The fourth-order valence-electron chi connectivity index (χ4n) is 1.93. The highest BCUT2D eigenvalue weighted by atomic mass is 32.1. The average molecular weight is 234 g/mol. The molecule has 0 aromatic carbocycles. The van der Waals surface area contributed by atoms with Crippen molar-refractivity contribution in [3.63, 3.8) is 0 Å². The molecule has 0 saturated heterocycles. The number of nitrogens with one attached hydrogen (secondary N) is 1. The van der Waals surface area contributed by atoms with E-state index in [1.807, 2.05) is 6.07 Å². The van der Waals surface area contributed by atoms with Crippen molar-refractivity contribution >= 4 is 11.3 Å². The van der Waals surface area contributed by atoms with Crippen molar-refractivity contribution in [3.05, 3.63) is 21.9 Å². The van der Waals surface area contributed by atoms with E-state index in [0.717, 1.165) is 17.3 Å². The van der Waals surface area contributed by atoms with E-state index in [9.17, 15) is 0 Å². The van der Waals surface area contributed by atoms with Crippen LogP contribution in [0.25, 0.3) is 0 Å². The molecule has 2 rings (SSSR count). The predicted molar refractivity (Wildman–Crippen MR) is 67.3 cm³/mol. The van der Waals surface area contributed by atoms with Gasteiger partial charge in [0.1, 0.15) is 10.9 Å². The van der Waals surface area contributed by atoms with E-state index < -0.39 is 0 Å². The van der Waals surface area contributed by atoms with Gasteiger partial charge in [-0.2, -0.15) is 5.26 Å². The Bertz CT molecular complexity index is 374. The third-order valence-corrected chi connectivity index (χ3v) is 4.13. The van der Waals surface area contributed by atoms with Gasteiger partial charge < -0.3 is 5.32 Å². The standard InChI is InChI=1S/C13H18N2S/c1-2-11(7-10-3-4-10)15-9-13-6-5-12(8-14)16-13/h5-6,10-11,15H,2-4,7,9H2,1H3. The SMILES string of the molecule is CCC(CC1CC1)NCc1ccc(C#N)s1. The van der Waals surface area contributed by atoms with Gasteiger partial charge in [0.2, 0.25) is 0 Å². The molecular formula is C13H18N2S. The molecule has 1 fully saturated rings. The average Bonchev–Trinajstić information content (AvgIpc) is 3.00. The Morgan fingerprint density at radius 3 is 2.94 bits per heavy atom. The molecule has 1 atom stereocenters. The molecule has 1 heterocycles. The molecular weight excluding hydrogens is 216 g/mol. The minimum Gasteiger partial charge on any atom is -0.309 e. The first-order valence-corrected chi connectivity index (χ1v) is 6.85. The van der Waals surface area contributed by atoms with Crippen molar-refractivity contribution < 1.29 is 0 Å². The lowest BCUT2D eigenvalue weighted by Crippen LogP contribution is -2.28. The van der Waals surface area contributed by atoms with E-state index in [-0.39, 0.29) is 0 Å². The van der Waals surface area contributed by atoms with Crippen molar-refractivity contribution in [2.75, 3.05) is 0 Å². The predicted octanol–water partition coefficient (Wildman–Crippen LogP) is 3.29. The molecule has 0 aliphatic heterocycles. The van der Waals surface area contributed by atoms with Crippen LogP contribution in [0.1, 0.15) is 42.4 Å². The number of nitrogens with zero attached hydrogens (tertiary/aromatic N) is 1. The summed E-state index contributed by atoms with van der Waals surface area (Å²) in [5.41, 5.74) is 0. The van der Waals surface area contributed by atoms with E-state index in [0.29, 0.717) is 6.04 Å². The van der Waals surface area contributed by atoms with E-state index in [4.69, 9.17) is 5.26 Å². The smallest absolute Gasteiger partial charge is 0.110 e. The molecule has 1 saturated carbocycles. The summed E-state index contributed by atoms with van der Waals surface area (Å²) in [6, 6.07) is 6.80. The Morgan fingerprint density at radius 2 is 2.38 bits per heavy atom. The normalized spacial score (nSPS) is 17.0. The molecule has 0 radical (unpaired) electrons. The van der Waals surface area contributed by atoms with Gasteiger partial charge in [-0.15, -0.1) is 11.3 Å². The molecule has 1 aliphatic rings. The van der Waals surface area contributed by atoms with Crippen LogP contribution in [0, 0.1) is 17.2 Å². The molecule has 0 bridgehead atoms. The molecule has 16 heavy (non-hydrogen) atoms. The lowest BCUT2D eigenvalue weighted by Gasteiger charge is -2.15. The highest BCUT2D eigenvalue weighted by Crippen LogP contribution is 2.34. The van der Waals surface area contributed by atoms with Crippen LogP contribution in [0.15, 0.2) is 12.1 Å². The zero-order chi connectivity index (χ0) is 11.4. The number of hydrogen-bond donors (Lipinski definition) is 1. The first-order valence-electron chi connectivity index (χ1n) is 6.04. The third kappa shape index (κ3) is 3.33. The molecule has 86 valence electrons. The van der Waals surface area contributed by atoms with E-state index in [2.05, 4.69) is 24.4 Å². The van der Waals surface area contributed by atoms with Gasteiger partial charge in [0.25, 0.3) is 0 Å². The van der Waals surface area contributed by atoms with Crippen molar-refractivity contribution in [1.29, 1.82) is 5.26 Å². The maximum Gasteiger partial charge on any atom is 0.110 e. The minimum atomic E-state index is 0.653. The van der Waals surface area contributed by atoms with Crippen LogP contribution in [-0.4, -0.2) is 6.04 Å². The molecule has 1 N–H and O–H groups in total. The van der Waals surface area contributed by atoms with Crippen molar-refractivity contribution in [1.82, 2.24) is 5.32 Å². The summed E-state index contributed by atoms with van der Waals surface area (Å²) < 4.78 is 0. The number of rotatable bonds is 6. The summed E-state index contributed by atoms with van der Waals surface area (Å²) >= 11 is 1.60. The van der Waals surface area contributed by atoms with Gasteiger partial charge in [-0.05, 0) is 30.9 Å². The lowest BCUT2D eigenvalue weighted by atomic mass is 10.1. The fourth-order valence-corrected chi connectivity index (χ4v) is 2.68. The van der Waals surface area contributed by atoms with Gasteiger partial charge in [-0.3, -0.25) is 0 Å². The maximum atomic E-state index is 8.74. The van der Waals surface area contributed by atoms with Crippen LogP contribution in [0.3, 0.4) is 0 Å². The van der Waals surface area contributed by atoms with E-state index in [1.54, 1.807) is 11.3 Å². The Balaban J connectivity index is 1.78. The monoisotopic (exact) mass is 234 g/mol. The quantitative estimate of drug-likeness (QED) is 0.820. The Labute approximate surface area is 101 Å². The van der Waals surface area contributed by atoms with Crippen LogP contribution in [0.5, 0.6) is 0 Å². The van der Waals surface area contributed by atoms with E-state index >= 15 is 0 Å². The molecule has 1 aromatic heterocycles. The Hall–Kier alpha value is -0.850. The summed E-state index contributed by atoms with van der Waals surface area (Å²) in [5, 5.41) is 12.3. The first-order chi connectivity index (χ1) is 7.81. The van der Waals surface area contributed by atoms with Crippen molar-refractivity contribution in [2.45, 2.75) is 45.2 Å². The van der Waals surface area contributed by atoms with Crippen LogP contribution in [-0.2, 0) is 6.54 Å². The Morgan fingerprint density at radius 1 is 1.56 bits per heavy atom. The summed E-state index contributed by atoms with van der Waals surface area (Å²) in [6.45, 7) is 3.16. The molecule has 3 heteroatoms. The number of thiophene rings is 1. The van der Waals surface area contributed by atoms with Crippen molar-refractivity contribution in [2.24, 2.45) is 5.92 Å². The molecule has 1 aliphatic carbocycles. The summed E-state index contributed by atoms with van der Waals surface area (Å²) in [6.07, 6.45) is 5.38. The minimum absolute atomic E-state index is 0.653. The Kier molecular flexibility index (Phi) is 3.98. The molecule has 1 unspecified atom stereocenters. The molecule has 0 spiro atoms. The summed E-state index contributed by atoms with van der Waals surface area (Å²) in [7, 11) is 0. The zero-order valence-corrected chi connectivity index (χ0v) is 10.5. The van der Waals surface area contributed by atoms with Crippen LogP contribution < -0.4 is 5.32 Å². The lowest BCUT2D eigenvalue weighted by molar-refractivity contribution is 0.446. The van der Waals surface area contributed by atoms with Crippen LogP contribution in [0.4, 0.5) is 0 Å². The summed E-state index contributed by atoms with van der Waals surface area (Å²) in [5.74, 6) is 0.982. The van der Waals surface area contributed by atoms with Crippen LogP contribution >= 0.6 is 11.3 Å². The second-order valence-corrected chi connectivity index (χ2v) is 5.71. The fraction of sp³-hybridized carbons (Fsp3) is 0.615. The van der Waals surface area contributed by atoms with Gasteiger partial charge in [0.05, 0.1) is 0 Å². The number of hydrogen-bond acceptors (Lipinski definition) is 3. The topological polar surface area (TPSA) is 35.8 Å².